The number of hydrogen-bond donors (Lipinski definition) is 1. The number of imidazole rings is 1. The van der Waals surface area contributed by atoms with Crippen LogP contribution in [0, 0.1) is 0 Å². The average Bonchev–Trinajstić information content (AvgIpc) is 2.74. The van der Waals surface area contributed by atoms with E-state index in [0.29, 0.717) is 36.1 Å². The van der Waals surface area contributed by atoms with Crippen molar-refractivity contribution < 1.29 is 9.47 Å². The van der Waals surface area contributed by atoms with Crippen molar-refractivity contribution in [2.45, 2.75) is 26.3 Å². The second-order valence-electron chi connectivity index (χ2n) is 4.14. The fourth-order valence-corrected chi connectivity index (χ4v) is 1.87. The third-order valence-corrected chi connectivity index (χ3v) is 2.74. The molecule has 0 fully saturated rings. The van der Waals surface area contributed by atoms with Crippen molar-refractivity contribution in [3.63, 3.8) is 0 Å². The molecule has 0 spiro atoms. The number of hydrogen-bond acceptors (Lipinski definition) is 6. The minimum atomic E-state index is 0.421. The summed E-state index contributed by atoms with van der Waals surface area (Å²) in [5.41, 5.74) is 7.19. The highest BCUT2D eigenvalue weighted by Gasteiger charge is 2.13. The number of aryl methyl sites for hydroxylation is 1. The zero-order chi connectivity index (χ0) is 13.7. The van der Waals surface area contributed by atoms with E-state index < -0.39 is 0 Å². The van der Waals surface area contributed by atoms with E-state index in [1.165, 1.54) is 6.33 Å². The van der Waals surface area contributed by atoms with Crippen molar-refractivity contribution in [2.24, 2.45) is 0 Å². The minimum absolute atomic E-state index is 0.421. The smallest absolute Gasteiger partial charge is 0.245 e. The molecule has 0 aromatic carbocycles. The third kappa shape index (κ3) is 2.93. The monoisotopic (exact) mass is 265 g/mol. The molecule has 104 valence electrons. The van der Waals surface area contributed by atoms with Crippen LogP contribution in [0.15, 0.2) is 6.33 Å². The van der Waals surface area contributed by atoms with Gasteiger partial charge in [-0.05, 0) is 12.8 Å². The van der Waals surface area contributed by atoms with Crippen molar-refractivity contribution in [1.82, 2.24) is 19.5 Å². The molecule has 0 aliphatic rings. The number of anilines is 1. The standard InChI is InChI=1S/C12H19N5O2/c1-3-6-19-7-4-5-17-10-9(16-12(17)13)11(18-2)15-8-14-10/h8H,3-7H2,1-2H3,(H2,13,16). The number of ether oxygens (including phenoxy) is 2. The predicted molar refractivity (Wildman–Crippen MR) is 72.0 cm³/mol. The molecule has 0 saturated heterocycles. The summed E-state index contributed by atoms with van der Waals surface area (Å²) in [6.45, 7) is 4.29. The number of nitrogens with zero attached hydrogens (tertiary/aromatic N) is 4. The highest BCUT2D eigenvalue weighted by molar-refractivity contribution is 5.78. The third-order valence-electron chi connectivity index (χ3n) is 2.74. The number of rotatable bonds is 7. The molecular formula is C12H19N5O2. The lowest BCUT2D eigenvalue weighted by atomic mass is 10.4. The molecule has 2 rings (SSSR count). The lowest BCUT2D eigenvalue weighted by molar-refractivity contribution is 0.129. The van der Waals surface area contributed by atoms with Gasteiger partial charge in [0, 0.05) is 19.8 Å². The van der Waals surface area contributed by atoms with E-state index in [2.05, 4.69) is 21.9 Å². The second kappa shape index (κ2) is 6.33. The maximum absolute atomic E-state index is 5.91. The van der Waals surface area contributed by atoms with Gasteiger partial charge in [0.2, 0.25) is 11.8 Å². The second-order valence-corrected chi connectivity index (χ2v) is 4.14. The topological polar surface area (TPSA) is 88.1 Å². The molecule has 0 aliphatic heterocycles. The van der Waals surface area contributed by atoms with Gasteiger partial charge in [-0.15, -0.1) is 0 Å². The molecule has 0 atom stereocenters. The quantitative estimate of drug-likeness (QED) is 0.758. The zero-order valence-electron chi connectivity index (χ0n) is 11.3. The predicted octanol–water partition coefficient (Wildman–Crippen LogP) is 1.23. The lowest BCUT2D eigenvalue weighted by Gasteiger charge is -2.06. The van der Waals surface area contributed by atoms with E-state index in [-0.39, 0.29) is 0 Å². The van der Waals surface area contributed by atoms with Crippen LogP contribution in [-0.2, 0) is 11.3 Å². The first-order valence-electron chi connectivity index (χ1n) is 6.36. The Labute approximate surface area is 111 Å². The fourth-order valence-electron chi connectivity index (χ4n) is 1.87. The summed E-state index contributed by atoms with van der Waals surface area (Å²) >= 11 is 0. The Balaban J connectivity index is 2.12. The Morgan fingerprint density at radius 1 is 1.32 bits per heavy atom. The number of aromatic nitrogens is 4. The Hall–Kier alpha value is -1.89. The minimum Gasteiger partial charge on any atom is -0.479 e. The first-order valence-corrected chi connectivity index (χ1v) is 6.36. The summed E-state index contributed by atoms with van der Waals surface area (Å²) in [7, 11) is 1.55. The van der Waals surface area contributed by atoms with E-state index in [9.17, 15) is 0 Å². The molecular weight excluding hydrogens is 246 g/mol. The van der Waals surface area contributed by atoms with Crippen LogP contribution >= 0.6 is 0 Å². The highest BCUT2D eigenvalue weighted by Crippen LogP contribution is 2.22. The van der Waals surface area contributed by atoms with Gasteiger partial charge in [0.25, 0.3) is 0 Å². The lowest BCUT2D eigenvalue weighted by Crippen LogP contribution is -2.07. The molecule has 2 aromatic rings. The Kier molecular flexibility index (Phi) is 4.51. The molecule has 0 saturated carbocycles. The van der Waals surface area contributed by atoms with Gasteiger partial charge in [-0.25, -0.2) is 9.97 Å². The van der Waals surface area contributed by atoms with E-state index in [4.69, 9.17) is 15.2 Å². The maximum Gasteiger partial charge on any atom is 0.245 e. The molecule has 2 heterocycles. The van der Waals surface area contributed by atoms with Gasteiger partial charge in [-0.2, -0.15) is 4.98 Å². The van der Waals surface area contributed by atoms with Crippen molar-refractivity contribution >= 4 is 17.1 Å². The van der Waals surface area contributed by atoms with E-state index in [1.807, 2.05) is 4.57 Å². The zero-order valence-corrected chi connectivity index (χ0v) is 11.3. The van der Waals surface area contributed by atoms with Crippen LogP contribution in [-0.4, -0.2) is 39.8 Å². The van der Waals surface area contributed by atoms with Gasteiger partial charge >= 0.3 is 0 Å². The number of nitrogen functional groups attached to an aromatic ring is 1. The van der Waals surface area contributed by atoms with Crippen LogP contribution in [0.2, 0.25) is 0 Å². The Bertz CT molecular complexity index is 540. The summed E-state index contributed by atoms with van der Waals surface area (Å²) in [4.78, 5) is 12.5. The maximum atomic E-state index is 5.91. The Morgan fingerprint density at radius 3 is 2.89 bits per heavy atom. The molecule has 0 amide bonds. The van der Waals surface area contributed by atoms with Crippen LogP contribution in [0.3, 0.4) is 0 Å². The highest BCUT2D eigenvalue weighted by atomic mass is 16.5. The van der Waals surface area contributed by atoms with Gasteiger partial charge in [-0.1, -0.05) is 6.92 Å². The van der Waals surface area contributed by atoms with Crippen LogP contribution in [0.5, 0.6) is 5.88 Å². The van der Waals surface area contributed by atoms with Crippen LogP contribution in [0.1, 0.15) is 19.8 Å². The average molecular weight is 265 g/mol. The summed E-state index contributed by atoms with van der Waals surface area (Å²) in [6.07, 6.45) is 3.34. The molecule has 2 N–H and O–H groups in total. The van der Waals surface area contributed by atoms with E-state index >= 15 is 0 Å². The molecule has 0 aliphatic carbocycles. The van der Waals surface area contributed by atoms with Gasteiger partial charge < -0.3 is 15.2 Å². The first kappa shape index (κ1) is 13.5. The fraction of sp³-hybridized carbons (Fsp3) is 0.583. The van der Waals surface area contributed by atoms with E-state index in [0.717, 1.165) is 19.4 Å². The summed E-state index contributed by atoms with van der Waals surface area (Å²) in [6, 6.07) is 0. The van der Waals surface area contributed by atoms with Gasteiger partial charge in [0.1, 0.15) is 6.33 Å². The molecule has 0 bridgehead atoms. The number of fused-ring (bicyclic) bond motifs is 1. The molecule has 0 unspecified atom stereocenters. The molecule has 0 radical (unpaired) electrons. The largest absolute Gasteiger partial charge is 0.479 e. The van der Waals surface area contributed by atoms with Crippen LogP contribution < -0.4 is 10.5 Å². The normalized spacial score (nSPS) is 11.1. The van der Waals surface area contributed by atoms with Crippen molar-refractivity contribution in [3.8, 4) is 5.88 Å². The van der Waals surface area contributed by atoms with Crippen LogP contribution in [0.25, 0.3) is 11.2 Å². The van der Waals surface area contributed by atoms with Gasteiger partial charge in [0.15, 0.2) is 11.2 Å². The number of methoxy groups -OCH3 is 1. The number of nitrogens with two attached hydrogens (primary N) is 1. The van der Waals surface area contributed by atoms with Gasteiger partial charge in [-0.3, -0.25) is 4.57 Å². The molecule has 7 nitrogen and oxygen atoms in total. The Morgan fingerprint density at radius 2 is 2.16 bits per heavy atom. The molecule has 19 heavy (non-hydrogen) atoms. The summed E-state index contributed by atoms with van der Waals surface area (Å²) in [5.74, 6) is 0.863. The van der Waals surface area contributed by atoms with E-state index in [1.54, 1.807) is 7.11 Å². The SMILES string of the molecule is CCCOCCCn1c(N)nc2c(OC)ncnc21. The molecule has 2 aromatic heterocycles. The van der Waals surface area contributed by atoms with Crippen molar-refractivity contribution in [1.29, 1.82) is 0 Å². The summed E-state index contributed by atoms with van der Waals surface area (Å²) in [5, 5.41) is 0. The summed E-state index contributed by atoms with van der Waals surface area (Å²) < 4.78 is 12.4. The molecule has 7 heteroatoms. The first-order chi connectivity index (χ1) is 9.27. The van der Waals surface area contributed by atoms with Crippen molar-refractivity contribution in [2.75, 3.05) is 26.1 Å². The van der Waals surface area contributed by atoms with Crippen molar-refractivity contribution in [3.05, 3.63) is 6.33 Å². The van der Waals surface area contributed by atoms with Gasteiger partial charge in [0.05, 0.1) is 7.11 Å². The van der Waals surface area contributed by atoms with Crippen LogP contribution in [0.4, 0.5) is 5.95 Å².